The number of carboxylic acids is 1. The van der Waals surface area contributed by atoms with E-state index in [0.717, 1.165) is 51.4 Å². The number of likely N-dealkylation sites (N-methyl/N-ethyl adjacent to an activating group) is 1. The van der Waals surface area contributed by atoms with Crippen LogP contribution in [0.25, 0.3) is 0 Å². The van der Waals surface area contributed by atoms with E-state index in [1.165, 1.54) is 315 Å². The van der Waals surface area contributed by atoms with Crippen molar-refractivity contribution in [2.45, 2.75) is 405 Å². The van der Waals surface area contributed by atoms with Crippen LogP contribution in [-0.4, -0.2) is 87.4 Å². The molecule has 0 spiro atoms. The van der Waals surface area contributed by atoms with Gasteiger partial charge in [-0.05, 0) is 51.4 Å². The smallest absolute Gasteiger partial charge is 0.361 e. The number of unbranched alkanes of at least 4 members (excludes halogenated alkanes) is 52. The van der Waals surface area contributed by atoms with E-state index < -0.39 is 18.4 Å². The van der Waals surface area contributed by atoms with Crippen LogP contribution in [-0.2, 0) is 33.3 Å². The molecule has 2 unspecified atom stereocenters. The molecule has 9 heteroatoms. The Morgan fingerprint density at radius 1 is 0.341 bits per heavy atom. The van der Waals surface area contributed by atoms with E-state index in [1.807, 2.05) is 21.1 Å². The Hall–Kier alpha value is -2.49. The van der Waals surface area contributed by atoms with Crippen LogP contribution >= 0.6 is 0 Å². The lowest BCUT2D eigenvalue weighted by Gasteiger charge is -2.25. The van der Waals surface area contributed by atoms with E-state index in [-0.39, 0.29) is 38.2 Å². The van der Waals surface area contributed by atoms with Crippen molar-refractivity contribution in [3.8, 4) is 0 Å². The number of hydrogen-bond acceptors (Lipinski definition) is 7. The quantitative estimate of drug-likeness (QED) is 0.0211. The molecule has 9 nitrogen and oxygen atoms in total. The maximum Gasteiger partial charge on any atom is 0.361 e. The van der Waals surface area contributed by atoms with Crippen molar-refractivity contribution in [1.82, 2.24) is 0 Å². The molecule has 2 atom stereocenters. The van der Waals surface area contributed by atoms with Crippen molar-refractivity contribution < 1.29 is 42.9 Å². The average molecular weight is 1240 g/mol. The topological polar surface area (TPSA) is 108 Å². The molecule has 0 fully saturated rings. The van der Waals surface area contributed by atoms with Crippen LogP contribution in [0.3, 0.4) is 0 Å². The van der Waals surface area contributed by atoms with E-state index in [2.05, 4.69) is 50.3 Å². The molecule has 88 heavy (non-hydrogen) atoms. The molecule has 0 aromatic rings. The van der Waals surface area contributed by atoms with Gasteiger partial charge in [0.1, 0.15) is 13.2 Å². The van der Waals surface area contributed by atoms with Crippen molar-refractivity contribution in [1.29, 1.82) is 0 Å². The zero-order chi connectivity index (χ0) is 64.0. The average Bonchev–Trinajstić information content (AvgIpc) is 3.54. The lowest BCUT2D eigenvalue weighted by Crippen LogP contribution is -2.40. The van der Waals surface area contributed by atoms with Gasteiger partial charge in [0.05, 0.1) is 34.4 Å². The van der Waals surface area contributed by atoms with Gasteiger partial charge in [-0.3, -0.25) is 9.59 Å². The Kier molecular flexibility index (Phi) is 68.4. The number of carboxylic acid groups (broad SMARTS) is 1. The Morgan fingerprint density at radius 3 is 0.909 bits per heavy atom. The van der Waals surface area contributed by atoms with Crippen LogP contribution in [0.1, 0.15) is 393 Å². The summed E-state index contributed by atoms with van der Waals surface area (Å²) in [4.78, 5) is 37.7. The largest absolute Gasteiger partial charge is 0.477 e. The molecule has 1 N–H and O–H groups in total. The monoisotopic (exact) mass is 1240 g/mol. The highest BCUT2D eigenvalue weighted by Crippen LogP contribution is 2.20. The van der Waals surface area contributed by atoms with Gasteiger partial charge in [-0.1, -0.05) is 365 Å². The second kappa shape index (κ2) is 70.4. The number of nitrogens with zero attached hydrogens (tertiary/aromatic N) is 1. The van der Waals surface area contributed by atoms with E-state index in [9.17, 15) is 19.5 Å². The van der Waals surface area contributed by atoms with Crippen molar-refractivity contribution in [2.24, 2.45) is 0 Å². The highest BCUT2D eigenvalue weighted by molar-refractivity contribution is 5.71. The number of rotatable bonds is 73. The normalized spacial score (nSPS) is 12.8. The van der Waals surface area contributed by atoms with Crippen LogP contribution in [0, 0.1) is 0 Å². The fourth-order valence-electron chi connectivity index (χ4n) is 11.7. The molecule has 518 valence electrons. The molecule has 0 rings (SSSR count). The number of carbonyl (C=O) groups is 3. The maximum absolute atomic E-state index is 13.0. The first kappa shape index (κ1) is 85.5. The first-order chi connectivity index (χ1) is 43.1. The van der Waals surface area contributed by atoms with Gasteiger partial charge in [-0.25, -0.2) is 4.79 Å². The van der Waals surface area contributed by atoms with Gasteiger partial charge in [0.15, 0.2) is 6.10 Å². The standard InChI is InChI=1S/C79H149NO8/c1-6-8-10-12-14-16-18-20-22-24-26-28-30-32-34-36-37-38-39-40-42-43-45-47-49-51-53-55-57-59-61-63-65-67-69-76(81)86-73-75(74-87-79(78(83)84)85-72-71-80(3,4)5)88-77(82)70-68-66-64-62-60-58-56-54-52-50-48-46-44-41-35-33-31-29-27-25-23-21-19-17-15-13-11-9-7-2/h19,21,25,27,31,33,75,79H,6-18,20,22-24,26,28-30,32,34-74H2,1-5H3/p+1/b21-19-,27-25-,33-31-. The number of ether oxygens (including phenoxy) is 4. The molecule has 0 saturated carbocycles. The Morgan fingerprint density at radius 2 is 0.614 bits per heavy atom. The fraction of sp³-hybridized carbons (Fsp3) is 0.886. The predicted octanol–water partition coefficient (Wildman–Crippen LogP) is 24.3. The van der Waals surface area contributed by atoms with Crippen molar-refractivity contribution in [3.63, 3.8) is 0 Å². The molecule has 0 aromatic carbocycles. The van der Waals surface area contributed by atoms with E-state index >= 15 is 0 Å². The molecule has 0 heterocycles. The Labute approximate surface area is 547 Å². The van der Waals surface area contributed by atoms with Crippen LogP contribution in [0.2, 0.25) is 0 Å². The number of allylic oxidation sites excluding steroid dienone is 6. The molecular formula is C79H150NO8+. The lowest BCUT2D eigenvalue weighted by molar-refractivity contribution is -0.870. The second-order valence-corrected chi connectivity index (χ2v) is 27.7. The third-order valence-corrected chi connectivity index (χ3v) is 17.6. The fourth-order valence-corrected chi connectivity index (χ4v) is 11.7. The summed E-state index contributed by atoms with van der Waals surface area (Å²) in [5, 5.41) is 9.76. The van der Waals surface area contributed by atoms with Crippen LogP contribution < -0.4 is 0 Å². The number of carbonyl (C=O) groups excluding carboxylic acids is 2. The van der Waals surface area contributed by atoms with Crippen molar-refractivity contribution in [2.75, 3.05) is 47.5 Å². The van der Waals surface area contributed by atoms with E-state index in [0.29, 0.717) is 17.4 Å². The minimum Gasteiger partial charge on any atom is -0.477 e. The van der Waals surface area contributed by atoms with Gasteiger partial charge in [0.2, 0.25) is 0 Å². The molecule has 0 saturated heterocycles. The van der Waals surface area contributed by atoms with Gasteiger partial charge in [-0.15, -0.1) is 0 Å². The minimum absolute atomic E-state index is 0.177. The summed E-state index contributed by atoms with van der Waals surface area (Å²) in [6, 6.07) is 0. The summed E-state index contributed by atoms with van der Waals surface area (Å²) in [6.45, 7) is 4.94. The Balaban J connectivity index is 4.00. The van der Waals surface area contributed by atoms with E-state index in [1.54, 1.807) is 0 Å². The van der Waals surface area contributed by atoms with Crippen molar-refractivity contribution in [3.05, 3.63) is 36.5 Å². The molecule has 0 aliphatic carbocycles. The summed E-state index contributed by atoms with van der Waals surface area (Å²) >= 11 is 0. The highest BCUT2D eigenvalue weighted by Gasteiger charge is 2.25. The van der Waals surface area contributed by atoms with Gasteiger partial charge in [0, 0.05) is 12.8 Å². The number of esters is 2. The molecule has 0 radical (unpaired) electrons. The first-order valence-electron chi connectivity index (χ1n) is 38.7. The summed E-state index contributed by atoms with van der Waals surface area (Å²) in [7, 11) is 5.99. The van der Waals surface area contributed by atoms with Crippen LogP contribution in [0.4, 0.5) is 0 Å². The maximum atomic E-state index is 13.0. The molecule has 0 aromatic heterocycles. The summed E-state index contributed by atoms with van der Waals surface area (Å²) < 4.78 is 23.0. The lowest BCUT2D eigenvalue weighted by atomic mass is 10.0. The first-order valence-corrected chi connectivity index (χ1v) is 38.7. The molecule has 0 bridgehead atoms. The number of quaternary nitrogens is 1. The minimum atomic E-state index is -1.51. The summed E-state index contributed by atoms with van der Waals surface area (Å²) in [5.74, 6) is -1.98. The second-order valence-electron chi connectivity index (χ2n) is 27.7. The number of hydrogen-bond donors (Lipinski definition) is 1. The molecular weight excluding hydrogens is 1090 g/mol. The summed E-state index contributed by atoms with van der Waals surface area (Å²) in [6.07, 6.45) is 87.2. The Bertz CT molecular complexity index is 1540. The van der Waals surface area contributed by atoms with Crippen molar-refractivity contribution >= 4 is 17.9 Å². The van der Waals surface area contributed by atoms with E-state index in [4.69, 9.17) is 18.9 Å². The van der Waals surface area contributed by atoms with Gasteiger partial charge in [-0.2, -0.15) is 0 Å². The molecule has 0 aliphatic rings. The SMILES string of the molecule is CCCCCCC/C=C\C/C=C\C/C=C\CCCCCCCCCCCCCCCCC(=O)OC(COC(=O)CCCCCCCCCCCCCCCCCCCCCCCCCCCCCCCCCCCC)COC(OCC[N+](C)(C)C)C(=O)O. The predicted molar refractivity (Wildman–Crippen MR) is 378 cm³/mol. The van der Waals surface area contributed by atoms with Gasteiger partial charge >= 0.3 is 17.9 Å². The number of aliphatic carboxylic acids is 1. The zero-order valence-corrected chi connectivity index (χ0v) is 59.4. The molecule has 0 amide bonds. The van der Waals surface area contributed by atoms with Gasteiger partial charge < -0.3 is 28.5 Å². The third kappa shape index (κ3) is 71.0. The summed E-state index contributed by atoms with van der Waals surface area (Å²) in [5.41, 5.74) is 0. The molecule has 0 aliphatic heterocycles. The third-order valence-electron chi connectivity index (χ3n) is 17.6. The highest BCUT2D eigenvalue weighted by atomic mass is 16.7. The van der Waals surface area contributed by atoms with Crippen LogP contribution in [0.5, 0.6) is 0 Å². The van der Waals surface area contributed by atoms with Crippen LogP contribution in [0.15, 0.2) is 36.5 Å². The van der Waals surface area contributed by atoms with Gasteiger partial charge in [0.25, 0.3) is 6.29 Å². The zero-order valence-electron chi connectivity index (χ0n) is 59.4.